The quantitative estimate of drug-likeness (QED) is 0.250. The Morgan fingerprint density at radius 3 is 2.55 bits per heavy atom. The van der Waals surface area contributed by atoms with E-state index >= 15 is 0 Å². The summed E-state index contributed by atoms with van der Waals surface area (Å²) in [5, 5.41) is 10.6. The fourth-order valence-electron chi connectivity index (χ4n) is 3.71. The van der Waals surface area contributed by atoms with Gasteiger partial charge in [-0.15, -0.1) is 0 Å². The first-order valence-electron chi connectivity index (χ1n) is 11.2. The van der Waals surface area contributed by atoms with Crippen LogP contribution in [-0.4, -0.2) is 48.9 Å². The van der Waals surface area contributed by atoms with Gasteiger partial charge in [0.15, 0.2) is 0 Å². The number of likely N-dealkylation sites (tertiary alicyclic amines) is 1. The van der Waals surface area contributed by atoms with Crippen LogP contribution in [0.3, 0.4) is 0 Å². The number of rotatable bonds is 8. The predicted octanol–water partition coefficient (Wildman–Crippen LogP) is 3.17. The van der Waals surface area contributed by atoms with Crippen LogP contribution >= 0.6 is 0 Å². The number of hydrogen-bond acceptors (Lipinski definition) is 5. The second kappa shape index (κ2) is 11.7. The number of benzene rings is 2. The molecular weight excluding hydrogens is 416 g/mol. The van der Waals surface area contributed by atoms with E-state index in [4.69, 9.17) is 15.9 Å². The molecule has 7 nitrogen and oxygen atoms in total. The first-order valence-corrected chi connectivity index (χ1v) is 11.2. The highest BCUT2D eigenvalue weighted by atomic mass is 16.5. The largest absolute Gasteiger partial charge is 0.466 e. The number of ether oxygens (including phenoxy) is 1. The molecule has 1 aliphatic heterocycles. The van der Waals surface area contributed by atoms with Gasteiger partial charge in [-0.3, -0.25) is 15.0 Å². The molecule has 0 saturated carbocycles. The van der Waals surface area contributed by atoms with Gasteiger partial charge < -0.3 is 20.7 Å². The molecule has 1 saturated heterocycles. The summed E-state index contributed by atoms with van der Waals surface area (Å²) < 4.78 is 5.05. The minimum Gasteiger partial charge on any atom is -0.466 e. The first kappa shape index (κ1) is 23.9. The lowest BCUT2D eigenvalue weighted by Gasteiger charge is -2.18. The molecule has 1 heterocycles. The highest BCUT2D eigenvalue weighted by molar-refractivity contribution is 5.96. The summed E-state index contributed by atoms with van der Waals surface area (Å²) >= 11 is 0. The fraction of sp³-hybridized carbons (Fsp3) is 0.346. The molecule has 172 valence electrons. The molecule has 0 bridgehead atoms. The Kier molecular flexibility index (Phi) is 8.48. The van der Waals surface area contributed by atoms with Gasteiger partial charge in [0.25, 0.3) is 5.91 Å². The van der Waals surface area contributed by atoms with E-state index in [9.17, 15) is 9.59 Å². The van der Waals surface area contributed by atoms with E-state index in [1.54, 1.807) is 19.1 Å². The Bertz CT molecular complexity index is 1060. The third kappa shape index (κ3) is 6.84. The number of nitrogen functional groups attached to an aromatic ring is 1. The molecule has 0 atom stereocenters. The number of anilines is 1. The second-order valence-corrected chi connectivity index (χ2v) is 7.82. The third-order valence-electron chi connectivity index (χ3n) is 5.44. The van der Waals surface area contributed by atoms with Crippen LogP contribution < -0.4 is 11.1 Å². The Balaban J connectivity index is 1.70. The number of amides is 1. The maximum atomic E-state index is 13.0. The van der Waals surface area contributed by atoms with Crippen LogP contribution in [0.4, 0.5) is 5.69 Å². The van der Waals surface area contributed by atoms with Crippen LogP contribution in [0.25, 0.3) is 0 Å². The third-order valence-corrected chi connectivity index (χ3v) is 5.44. The lowest BCUT2D eigenvalue weighted by atomic mass is 9.99. The number of nitrogens with one attached hydrogen (secondary N) is 2. The van der Waals surface area contributed by atoms with Gasteiger partial charge in [-0.05, 0) is 74.2 Å². The molecule has 0 unspecified atom stereocenters. The minimum absolute atomic E-state index is 0.0153. The minimum atomic E-state index is -0.270. The first-order chi connectivity index (χ1) is 16.0. The summed E-state index contributed by atoms with van der Waals surface area (Å²) in [5.41, 5.74) is 9.27. The number of nitrogens with zero attached hydrogens (tertiary/aromatic N) is 1. The van der Waals surface area contributed by atoms with Crippen molar-refractivity contribution in [2.45, 2.75) is 32.6 Å². The Hall–Kier alpha value is -3.79. The van der Waals surface area contributed by atoms with Crippen molar-refractivity contribution in [1.82, 2.24) is 4.90 Å². The molecule has 0 aliphatic carbocycles. The Labute approximate surface area is 194 Å². The summed E-state index contributed by atoms with van der Waals surface area (Å²) in [6, 6.07) is 12.8. The molecule has 1 aliphatic rings. The van der Waals surface area contributed by atoms with E-state index in [0.29, 0.717) is 30.7 Å². The molecule has 4 N–H and O–H groups in total. The lowest BCUT2D eigenvalue weighted by molar-refractivity contribution is -0.143. The van der Waals surface area contributed by atoms with Crippen molar-refractivity contribution in [3.63, 3.8) is 0 Å². The number of aryl methyl sites for hydroxylation is 1. The SMILES string of the molecule is CCOC(=O)CCc1cc(C#CCNc2ccc(C(=N)N)cc2)ccc1C(=O)N1CCCC1. The van der Waals surface area contributed by atoms with Crippen molar-refractivity contribution < 1.29 is 14.3 Å². The van der Waals surface area contributed by atoms with Gasteiger partial charge in [-0.1, -0.05) is 11.8 Å². The molecule has 2 aromatic rings. The molecule has 0 spiro atoms. The van der Waals surface area contributed by atoms with E-state index in [1.165, 1.54) is 0 Å². The molecule has 33 heavy (non-hydrogen) atoms. The molecule has 0 aromatic heterocycles. The van der Waals surface area contributed by atoms with E-state index < -0.39 is 0 Å². The van der Waals surface area contributed by atoms with Crippen LogP contribution in [0, 0.1) is 17.3 Å². The summed E-state index contributed by atoms with van der Waals surface area (Å²) in [4.78, 5) is 26.7. The normalized spacial score (nSPS) is 12.6. The van der Waals surface area contributed by atoms with Crippen molar-refractivity contribution in [3.05, 3.63) is 64.7 Å². The van der Waals surface area contributed by atoms with Gasteiger partial charge >= 0.3 is 5.97 Å². The molecule has 2 aromatic carbocycles. The average molecular weight is 447 g/mol. The lowest BCUT2D eigenvalue weighted by Crippen LogP contribution is -2.28. The summed E-state index contributed by atoms with van der Waals surface area (Å²) in [7, 11) is 0. The zero-order valence-corrected chi connectivity index (χ0v) is 18.9. The van der Waals surface area contributed by atoms with Gasteiger partial charge in [0.2, 0.25) is 0 Å². The smallest absolute Gasteiger partial charge is 0.306 e. The van der Waals surface area contributed by atoms with Crippen LogP contribution in [-0.2, 0) is 16.0 Å². The molecule has 1 fully saturated rings. The number of nitrogens with two attached hydrogens (primary N) is 1. The van der Waals surface area contributed by atoms with E-state index in [0.717, 1.165) is 42.7 Å². The summed E-state index contributed by atoms with van der Waals surface area (Å²) in [6.07, 6.45) is 2.71. The summed E-state index contributed by atoms with van der Waals surface area (Å²) in [6.45, 7) is 4.11. The van der Waals surface area contributed by atoms with Crippen LogP contribution in [0.15, 0.2) is 42.5 Å². The van der Waals surface area contributed by atoms with Gasteiger partial charge in [-0.2, -0.15) is 0 Å². The zero-order valence-electron chi connectivity index (χ0n) is 18.9. The van der Waals surface area contributed by atoms with Crippen molar-refractivity contribution in [2.75, 3.05) is 31.6 Å². The fourth-order valence-corrected chi connectivity index (χ4v) is 3.71. The zero-order chi connectivity index (χ0) is 23.6. The van der Waals surface area contributed by atoms with Crippen LogP contribution in [0.1, 0.15) is 53.2 Å². The molecule has 1 amide bonds. The number of carbonyl (C=O) groups excluding carboxylic acids is 2. The standard InChI is InChI=1S/C26H30N4O3/c1-2-33-24(31)14-10-21-18-19(7-13-23(21)26(32)30-16-3-4-17-30)6-5-15-29-22-11-8-20(9-12-22)25(27)28/h7-9,11-13,18,29H,2-4,10,14-17H2,1H3,(H3,27,28). The van der Waals surface area contributed by atoms with Gasteiger partial charge in [0.05, 0.1) is 13.2 Å². The van der Waals surface area contributed by atoms with Gasteiger partial charge in [0, 0.05) is 41.9 Å². The second-order valence-electron chi connectivity index (χ2n) is 7.82. The predicted molar refractivity (Wildman–Crippen MR) is 129 cm³/mol. The Morgan fingerprint density at radius 1 is 1.15 bits per heavy atom. The van der Waals surface area contributed by atoms with Crippen LogP contribution in [0.5, 0.6) is 0 Å². The van der Waals surface area contributed by atoms with Gasteiger partial charge in [0.1, 0.15) is 5.84 Å². The van der Waals surface area contributed by atoms with Crippen molar-refractivity contribution in [1.29, 1.82) is 5.41 Å². The van der Waals surface area contributed by atoms with Crippen LogP contribution in [0.2, 0.25) is 0 Å². The van der Waals surface area contributed by atoms with E-state index in [-0.39, 0.29) is 24.1 Å². The van der Waals surface area contributed by atoms with Crippen molar-refractivity contribution in [2.24, 2.45) is 5.73 Å². The maximum absolute atomic E-state index is 13.0. The number of esters is 1. The summed E-state index contributed by atoms with van der Waals surface area (Å²) in [5.74, 6) is 5.99. The molecule has 3 rings (SSSR count). The molecular formula is C26H30N4O3. The monoisotopic (exact) mass is 446 g/mol. The molecule has 0 radical (unpaired) electrons. The number of amidine groups is 1. The van der Waals surface area contributed by atoms with Gasteiger partial charge in [-0.25, -0.2) is 0 Å². The Morgan fingerprint density at radius 2 is 1.88 bits per heavy atom. The van der Waals surface area contributed by atoms with E-state index in [2.05, 4.69) is 17.2 Å². The maximum Gasteiger partial charge on any atom is 0.306 e. The number of carbonyl (C=O) groups is 2. The van der Waals surface area contributed by atoms with Crippen molar-refractivity contribution in [3.8, 4) is 11.8 Å². The molecule has 7 heteroatoms. The number of hydrogen-bond donors (Lipinski definition) is 3. The van der Waals surface area contributed by atoms with E-state index in [1.807, 2.05) is 35.2 Å². The average Bonchev–Trinajstić information content (AvgIpc) is 3.36. The highest BCUT2D eigenvalue weighted by Gasteiger charge is 2.22. The highest BCUT2D eigenvalue weighted by Crippen LogP contribution is 2.19. The topological polar surface area (TPSA) is 109 Å². The van der Waals surface area contributed by atoms with Crippen molar-refractivity contribution >= 4 is 23.4 Å².